The van der Waals surface area contributed by atoms with Gasteiger partial charge >= 0.3 is 0 Å². The van der Waals surface area contributed by atoms with Crippen molar-refractivity contribution in [3.63, 3.8) is 0 Å². The highest BCUT2D eigenvalue weighted by Gasteiger charge is 2.01. The number of thiol groups is 1. The lowest BCUT2D eigenvalue weighted by Gasteiger charge is -2.14. The Morgan fingerprint density at radius 2 is 1.15 bits per heavy atom. The molecule has 26 heavy (non-hydrogen) atoms. The van der Waals surface area contributed by atoms with Crippen molar-refractivity contribution in [1.29, 1.82) is 0 Å². The molecule has 0 spiro atoms. The number of unbranched alkanes of at least 4 members (excludes halogenated alkanes) is 12. The summed E-state index contributed by atoms with van der Waals surface area (Å²) in [7, 11) is 0. The summed E-state index contributed by atoms with van der Waals surface area (Å²) in [5, 5.41) is 2.87. The molecule has 0 aromatic rings. The van der Waals surface area contributed by atoms with E-state index in [0.29, 0.717) is 13.0 Å². The third kappa shape index (κ3) is 18.6. The van der Waals surface area contributed by atoms with Gasteiger partial charge in [0.05, 0.1) is 19.6 Å². The van der Waals surface area contributed by atoms with Crippen molar-refractivity contribution >= 4 is 18.5 Å². The van der Waals surface area contributed by atoms with Gasteiger partial charge in [-0.05, 0) is 33.1 Å². The summed E-state index contributed by atoms with van der Waals surface area (Å²) in [5.74, 6) is 0.914. The minimum absolute atomic E-state index is 0.188. The quantitative estimate of drug-likeness (QED) is 0.210. The van der Waals surface area contributed by atoms with Crippen LogP contribution < -0.4 is 10.2 Å². The molecule has 1 amide bonds. The van der Waals surface area contributed by atoms with Crippen molar-refractivity contribution < 1.29 is 9.69 Å². The summed E-state index contributed by atoms with van der Waals surface area (Å²) in [5.41, 5.74) is 0. The van der Waals surface area contributed by atoms with Gasteiger partial charge in [-0.1, -0.05) is 64.2 Å². The van der Waals surface area contributed by atoms with Crippen LogP contribution in [0.2, 0.25) is 0 Å². The van der Waals surface area contributed by atoms with Gasteiger partial charge < -0.3 is 10.2 Å². The zero-order valence-electron chi connectivity index (χ0n) is 17.8. The Morgan fingerprint density at radius 3 is 1.58 bits per heavy atom. The van der Waals surface area contributed by atoms with E-state index in [1.54, 1.807) is 4.90 Å². The van der Waals surface area contributed by atoms with Gasteiger partial charge in [0.1, 0.15) is 0 Å². The molecule has 0 heterocycles. The molecule has 0 rings (SSSR count). The van der Waals surface area contributed by atoms with E-state index < -0.39 is 0 Å². The molecule has 0 radical (unpaired) electrons. The first-order chi connectivity index (χ1) is 12.7. The van der Waals surface area contributed by atoms with E-state index in [9.17, 15) is 4.79 Å². The van der Waals surface area contributed by atoms with Gasteiger partial charge in [-0.3, -0.25) is 4.79 Å². The van der Waals surface area contributed by atoms with Crippen LogP contribution in [0.1, 0.15) is 104 Å². The molecule has 0 aliphatic rings. The van der Waals surface area contributed by atoms with E-state index in [2.05, 4.69) is 31.8 Å². The fourth-order valence-corrected chi connectivity index (χ4v) is 3.60. The van der Waals surface area contributed by atoms with Crippen LogP contribution in [-0.2, 0) is 4.79 Å². The lowest BCUT2D eigenvalue weighted by molar-refractivity contribution is -0.896. The van der Waals surface area contributed by atoms with Gasteiger partial charge in [0.2, 0.25) is 5.91 Å². The third-order valence-electron chi connectivity index (χ3n) is 5.37. The second-order valence-electron chi connectivity index (χ2n) is 7.63. The molecule has 0 bridgehead atoms. The molecule has 0 aliphatic carbocycles. The van der Waals surface area contributed by atoms with Gasteiger partial charge in [0.25, 0.3) is 0 Å². The molecule has 0 aromatic carbocycles. The minimum Gasteiger partial charge on any atom is -0.355 e. The van der Waals surface area contributed by atoms with E-state index in [0.717, 1.165) is 12.2 Å². The van der Waals surface area contributed by atoms with Crippen LogP contribution in [0.15, 0.2) is 0 Å². The van der Waals surface area contributed by atoms with Crippen LogP contribution in [0, 0.1) is 0 Å². The predicted molar refractivity (Wildman–Crippen MR) is 118 cm³/mol. The van der Waals surface area contributed by atoms with Crippen molar-refractivity contribution in [3.8, 4) is 0 Å². The first kappa shape index (κ1) is 25.8. The zero-order valence-corrected chi connectivity index (χ0v) is 18.7. The van der Waals surface area contributed by atoms with Crippen molar-refractivity contribution in [2.45, 2.75) is 104 Å². The molecular weight excluding hydrogens is 340 g/mol. The SMILES string of the molecule is CC[NH+](CC)CCCCCCCCCCCCCCCC(=O)NCCS. The second-order valence-corrected chi connectivity index (χ2v) is 8.07. The molecule has 2 N–H and O–H groups in total. The maximum absolute atomic E-state index is 11.4. The van der Waals surface area contributed by atoms with Crippen molar-refractivity contribution in [2.75, 3.05) is 31.9 Å². The number of nitrogens with one attached hydrogen (secondary N) is 2. The van der Waals surface area contributed by atoms with Crippen LogP contribution >= 0.6 is 12.6 Å². The number of carbonyl (C=O) groups is 1. The number of quaternary nitrogens is 1. The van der Waals surface area contributed by atoms with Crippen LogP contribution in [0.4, 0.5) is 0 Å². The molecule has 0 aliphatic heterocycles. The van der Waals surface area contributed by atoms with E-state index >= 15 is 0 Å². The Morgan fingerprint density at radius 1 is 0.731 bits per heavy atom. The topological polar surface area (TPSA) is 33.5 Å². The lowest BCUT2D eigenvalue weighted by Crippen LogP contribution is -3.11. The van der Waals surface area contributed by atoms with Crippen molar-refractivity contribution in [3.05, 3.63) is 0 Å². The molecule has 3 nitrogen and oxygen atoms in total. The van der Waals surface area contributed by atoms with Crippen LogP contribution in [0.3, 0.4) is 0 Å². The van der Waals surface area contributed by atoms with Crippen LogP contribution in [0.25, 0.3) is 0 Å². The molecule has 0 atom stereocenters. The van der Waals surface area contributed by atoms with E-state index in [-0.39, 0.29) is 5.91 Å². The fraction of sp³-hybridized carbons (Fsp3) is 0.955. The molecular formula is C22H47N2OS+. The standard InChI is InChI=1S/C22H46N2OS/c1-3-24(4-2)20-17-15-13-11-9-7-5-6-8-10-12-14-16-18-22(25)23-19-21-26/h26H,3-21H2,1-2H3,(H,23,25)/p+1. The number of hydrogen-bond donors (Lipinski definition) is 3. The largest absolute Gasteiger partial charge is 0.355 e. The first-order valence-electron chi connectivity index (χ1n) is 11.5. The zero-order chi connectivity index (χ0) is 19.3. The molecule has 0 saturated heterocycles. The van der Waals surface area contributed by atoms with Gasteiger partial charge in [0.15, 0.2) is 0 Å². The minimum atomic E-state index is 0.188. The third-order valence-corrected chi connectivity index (χ3v) is 5.59. The van der Waals surface area contributed by atoms with Crippen molar-refractivity contribution in [2.24, 2.45) is 0 Å². The summed E-state index contributed by atoms with van der Waals surface area (Å²) < 4.78 is 0. The van der Waals surface area contributed by atoms with Gasteiger partial charge in [-0.25, -0.2) is 0 Å². The molecule has 0 unspecified atom stereocenters. The van der Waals surface area contributed by atoms with E-state index in [4.69, 9.17) is 0 Å². The second kappa shape index (κ2) is 21.1. The van der Waals surface area contributed by atoms with Gasteiger partial charge in [0, 0.05) is 18.7 Å². The Bertz CT molecular complexity index is 296. The molecule has 0 aromatic heterocycles. The maximum Gasteiger partial charge on any atom is 0.220 e. The smallest absolute Gasteiger partial charge is 0.220 e. The van der Waals surface area contributed by atoms with Crippen LogP contribution in [0.5, 0.6) is 0 Å². The normalized spacial score (nSPS) is 11.2. The van der Waals surface area contributed by atoms with Crippen LogP contribution in [-0.4, -0.2) is 37.8 Å². The molecule has 4 heteroatoms. The first-order valence-corrected chi connectivity index (χ1v) is 12.1. The highest BCUT2D eigenvalue weighted by Crippen LogP contribution is 2.12. The summed E-state index contributed by atoms with van der Waals surface area (Å²) in [4.78, 5) is 13.2. The maximum atomic E-state index is 11.4. The molecule has 156 valence electrons. The number of rotatable bonds is 20. The van der Waals surface area contributed by atoms with Gasteiger partial charge in [-0.15, -0.1) is 0 Å². The summed E-state index contributed by atoms with van der Waals surface area (Å²) in [6.45, 7) is 9.21. The predicted octanol–water partition coefficient (Wildman–Crippen LogP) is 4.42. The monoisotopic (exact) mass is 387 g/mol. The van der Waals surface area contributed by atoms with E-state index in [1.807, 2.05) is 0 Å². The van der Waals surface area contributed by atoms with Gasteiger partial charge in [-0.2, -0.15) is 12.6 Å². The summed E-state index contributed by atoms with van der Waals surface area (Å²) in [6, 6.07) is 0. The van der Waals surface area contributed by atoms with Crippen molar-refractivity contribution in [1.82, 2.24) is 5.32 Å². The van der Waals surface area contributed by atoms with E-state index in [1.165, 1.54) is 96.7 Å². The Kier molecular flexibility index (Phi) is 20.9. The lowest BCUT2D eigenvalue weighted by atomic mass is 10.0. The Hall–Kier alpha value is -0.220. The average Bonchev–Trinajstić information content (AvgIpc) is 2.66. The summed E-state index contributed by atoms with van der Waals surface area (Å²) >= 11 is 4.09. The fourth-order valence-electron chi connectivity index (χ4n) is 3.49. The Balaban J connectivity index is 3.12. The Labute approximate surface area is 169 Å². The highest BCUT2D eigenvalue weighted by atomic mass is 32.1. The number of amides is 1. The number of carbonyl (C=O) groups excluding carboxylic acids is 1. The highest BCUT2D eigenvalue weighted by molar-refractivity contribution is 7.80. The number of hydrogen-bond acceptors (Lipinski definition) is 2. The average molecular weight is 388 g/mol. The molecule has 0 saturated carbocycles. The summed E-state index contributed by atoms with van der Waals surface area (Å²) in [6.07, 6.45) is 18.3. The molecule has 0 fully saturated rings.